The normalized spacial score (nSPS) is 10.5. The number of nitrogens with zero attached hydrogens (tertiary/aromatic N) is 2. The highest BCUT2D eigenvalue weighted by Gasteiger charge is 2.16. The van der Waals surface area contributed by atoms with Crippen molar-refractivity contribution in [2.45, 2.75) is 6.54 Å². The first-order chi connectivity index (χ1) is 12.4. The van der Waals surface area contributed by atoms with E-state index in [4.69, 9.17) is 16.1 Å². The van der Waals surface area contributed by atoms with Crippen molar-refractivity contribution < 1.29 is 19.3 Å². The zero-order valence-electron chi connectivity index (χ0n) is 13.2. The Bertz CT molecular complexity index is 986. The molecule has 3 rings (SSSR count). The number of hydrogen-bond donors (Lipinski definition) is 2. The fraction of sp³-hybridized carbons (Fsp3) is 0.0588. The van der Waals surface area contributed by atoms with E-state index in [1.807, 2.05) is 0 Å². The number of rotatable bonds is 5. The van der Waals surface area contributed by atoms with Crippen molar-refractivity contribution >= 4 is 23.2 Å². The van der Waals surface area contributed by atoms with E-state index in [1.165, 1.54) is 24.3 Å². The van der Waals surface area contributed by atoms with Gasteiger partial charge in [-0.05, 0) is 18.2 Å². The topological polar surface area (TPSA) is 118 Å². The summed E-state index contributed by atoms with van der Waals surface area (Å²) < 4.78 is 5.15. The van der Waals surface area contributed by atoms with Crippen LogP contribution >= 0.6 is 11.6 Å². The molecule has 1 amide bonds. The van der Waals surface area contributed by atoms with Crippen LogP contribution in [0.3, 0.4) is 0 Å². The molecule has 1 heterocycles. The minimum Gasteiger partial charge on any atom is -0.508 e. The van der Waals surface area contributed by atoms with Gasteiger partial charge in [0.2, 0.25) is 0 Å². The minimum atomic E-state index is -0.584. The second-order valence-electron chi connectivity index (χ2n) is 5.34. The molecule has 0 aliphatic rings. The molecule has 9 heteroatoms. The van der Waals surface area contributed by atoms with E-state index in [9.17, 15) is 20.0 Å². The number of phenolic OH excluding ortho intramolecular Hbond substituents is 1. The minimum absolute atomic E-state index is 0.0323. The first kappa shape index (κ1) is 17.4. The smallest absolute Gasteiger partial charge is 0.273 e. The summed E-state index contributed by atoms with van der Waals surface area (Å²) in [6, 6.07) is 11.9. The summed E-state index contributed by atoms with van der Waals surface area (Å²) in [6.07, 6.45) is 0. The molecule has 8 nitrogen and oxygen atoms in total. The lowest BCUT2D eigenvalue weighted by molar-refractivity contribution is -0.384. The van der Waals surface area contributed by atoms with Crippen LogP contribution in [0.4, 0.5) is 5.69 Å². The Morgan fingerprint density at radius 1 is 1.27 bits per heavy atom. The van der Waals surface area contributed by atoms with Crippen LogP contribution in [0, 0.1) is 10.1 Å². The number of carbonyl (C=O) groups is 1. The summed E-state index contributed by atoms with van der Waals surface area (Å²) in [6.45, 7) is -0.105. The van der Waals surface area contributed by atoms with Gasteiger partial charge in [-0.15, -0.1) is 0 Å². The highest BCUT2D eigenvalue weighted by atomic mass is 35.5. The third kappa shape index (κ3) is 3.81. The molecule has 0 bridgehead atoms. The van der Waals surface area contributed by atoms with Crippen LogP contribution in [0.5, 0.6) is 5.75 Å². The molecule has 2 aromatic carbocycles. The SMILES string of the molecule is O=C(NCc1cc([N+](=O)[O-])ccc1O)c1cc(-c2cccc(Cl)c2)on1. The molecule has 0 spiro atoms. The number of hydrogen-bond acceptors (Lipinski definition) is 6. The van der Waals surface area contributed by atoms with E-state index in [0.717, 1.165) is 0 Å². The van der Waals surface area contributed by atoms with Crippen molar-refractivity contribution in [1.29, 1.82) is 0 Å². The molecule has 0 aliphatic heterocycles. The fourth-order valence-electron chi connectivity index (χ4n) is 2.25. The summed E-state index contributed by atoms with van der Waals surface area (Å²) in [7, 11) is 0. The highest BCUT2D eigenvalue weighted by Crippen LogP contribution is 2.24. The summed E-state index contributed by atoms with van der Waals surface area (Å²) in [5, 5.41) is 27.3. The van der Waals surface area contributed by atoms with E-state index in [0.29, 0.717) is 16.3 Å². The van der Waals surface area contributed by atoms with Crippen LogP contribution in [-0.4, -0.2) is 21.1 Å². The third-order valence-electron chi connectivity index (χ3n) is 3.57. The zero-order chi connectivity index (χ0) is 18.7. The monoisotopic (exact) mass is 373 g/mol. The Kier molecular flexibility index (Phi) is 4.85. The lowest BCUT2D eigenvalue weighted by Gasteiger charge is -2.05. The molecule has 0 saturated heterocycles. The standard InChI is InChI=1S/C17H12ClN3O5/c18-12-3-1-2-10(6-12)16-8-14(20-26-16)17(23)19-9-11-7-13(21(24)25)4-5-15(11)22/h1-8,22H,9H2,(H,19,23). The summed E-state index contributed by atoms with van der Waals surface area (Å²) in [5.74, 6) is -0.334. The number of aromatic nitrogens is 1. The van der Waals surface area contributed by atoms with Crippen molar-refractivity contribution in [3.8, 4) is 17.1 Å². The van der Waals surface area contributed by atoms with Crippen molar-refractivity contribution in [1.82, 2.24) is 10.5 Å². The van der Waals surface area contributed by atoms with E-state index in [1.54, 1.807) is 24.3 Å². The van der Waals surface area contributed by atoms with Gasteiger partial charge < -0.3 is 14.9 Å². The molecule has 0 aliphatic carbocycles. The number of nitro benzene ring substituents is 1. The van der Waals surface area contributed by atoms with Gasteiger partial charge in [0.05, 0.1) is 4.92 Å². The van der Waals surface area contributed by atoms with Gasteiger partial charge in [0, 0.05) is 40.9 Å². The zero-order valence-corrected chi connectivity index (χ0v) is 13.9. The van der Waals surface area contributed by atoms with Crippen molar-refractivity contribution in [3.63, 3.8) is 0 Å². The van der Waals surface area contributed by atoms with Gasteiger partial charge in [0.15, 0.2) is 11.5 Å². The van der Waals surface area contributed by atoms with Crippen LogP contribution < -0.4 is 5.32 Å². The molecular formula is C17H12ClN3O5. The fourth-order valence-corrected chi connectivity index (χ4v) is 2.44. The molecule has 0 saturated carbocycles. The van der Waals surface area contributed by atoms with Crippen LogP contribution in [-0.2, 0) is 6.54 Å². The number of benzene rings is 2. The van der Waals surface area contributed by atoms with Gasteiger partial charge in [0.1, 0.15) is 5.75 Å². The van der Waals surface area contributed by atoms with Gasteiger partial charge >= 0.3 is 0 Å². The average molecular weight is 374 g/mol. The average Bonchev–Trinajstić information content (AvgIpc) is 3.11. The maximum atomic E-state index is 12.2. The predicted octanol–water partition coefficient (Wildman–Crippen LogP) is 3.54. The molecule has 0 unspecified atom stereocenters. The number of carbonyl (C=O) groups excluding carboxylic acids is 1. The molecule has 26 heavy (non-hydrogen) atoms. The summed E-state index contributed by atoms with van der Waals surface area (Å²) in [5.41, 5.74) is 0.730. The number of non-ortho nitro benzene ring substituents is 1. The number of nitro groups is 1. The molecular weight excluding hydrogens is 362 g/mol. The van der Waals surface area contributed by atoms with Gasteiger partial charge in [-0.3, -0.25) is 14.9 Å². The Morgan fingerprint density at radius 2 is 2.08 bits per heavy atom. The largest absolute Gasteiger partial charge is 0.508 e. The lowest BCUT2D eigenvalue weighted by Crippen LogP contribution is -2.23. The van der Waals surface area contributed by atoms with Crippen LogP contribution in [0.15, 0.2) is 53.1 Å². The maximum Gasteiger partial charge on any atom is 0.273 e. The van der Waals surface area contributed by atoms with Gasteiger partial charge in [-0.25, -0.2) is 0 Å². The van der Waals surface area contributed by atoms with Crippen LogP contribution in [0.1, 0.15) is 16.1 Å². The van der Waals surface area contributed by atoms with Crippen LogP contribution in [0.2, 0.25) is 5.02 Å². The first-order valence-electron chi connectivity index (χ1n) is 7.41. The van der Waals surface area contributed by atoms with E-state index in [2.05, 4.69) is 10.5 Å². The molecule has 1 aromatic heterocycles. The van der Waals surface area contributed by atoms with E-state index < -0.39 is 10.8 Å². The van der Waals surface area contributed by atoms with Crippen LogP contribution in [0.25, 0.3) is 11.3 Å². The molecule has 0 fully saturated rings. The van der Waals surface area contributed by atoms with E-state index >= 15 is 0 Å². The van der Waals surface area contributed by atoms with Crippen molar-refractivity contribution in [2.75, 3.05) is 0 Å². The quantitative estimate of drug-likeness (QED) is 0.521. The number of halogens is 1. The Labute approximate surface area is 152 Å². The molecule has 2 N–H and O–H groups in total. The van der Waals surface area contributed by atoms with Gasteiger partial charge in [0.25, 0.3) is 11.6 Å². The number of aromatic hydroxyl groups is 1. The highest BCUT2D eigenvalue weighted by molar-refractivity contribution is 6.30. The molecule has 3 aromatic rings. The van der Waals surface area contributed by atoms with Gasteiger partial charge in [-0.1, -0.05) is 28.9 Å². The molecule has 0 atom stereocenters. The number of nitrogens with one attached hydrogen (secondary N) is 1. The second-order valence-corrected chi connectivity index (χ2v) is 5.78. The third-order valence-corrected chi connectivity index (χ3v) is 3.80. The van der Waals surface area contributed by atoms with Crippen molar-refractivity contribution in [2.24, 2.45) is 0 Å². The maximum absolute atomic E-state index is 12.2. The Hall–Kier alpha value is -3.39. The number of phenols is 1. The predicted molar refractivity (Wildman–Crippen MR) is 92.9 cm³/mol. The first-order valence-corrected chi connectivity index (χ1v) is 7.79. The molecule has 0 radical (unpaired) electrons. The van der Waals surface area contributed by atoms with Crippen molar-refractivity contribution in [3.05, 3.63) is 74.9 Å². The Balaban J connectivity index is 1.72. The second kappa shape index (κ2) is 7.24. The summed E-state index contributed by atoms with van der Waals surface area (Å²) >= 11 is 5.92. The van der Waals surface area contributed by atoms with Gasteiger partial charge in [-0.2, -0.15) is 0 Å². The molecule has 132 valence electrons. The lowest BCUT2D eigenvalue weighted by atomic mass is 10.1. The number of amides is 1. The Morgan fingerprint density at radius 3 is 2.81 bits per heavy atom. The van der Waals surface area contributed by atoms with E-state index in [-0.39, 0.29) is 29.2 Å². The summed E-state index contributed by atoms with van der Waals surface area (Å²) in [4.78, 5) is 22.4.